The van der Waals surface area contributed by atoms with Crippen LogP contribution in [0.3, 0.4) is 0 Å². The lowest BCUT2D eigenvalue weighted by Gasteiger charge is -2.26. The van der Waals surface area contributed by atoms with E-state index in [0.29, 0.717) is 6.54 Å². The predicted molar refractivity (Wildman–Crippen MR) is 52.7 cm³/mol. The molecule has 0 bridgehead atoms. The van der Waals surface area contributed by atoms with Gasteiger partial charge in [-0.1, -0.05) is 0 Å². The highest BCUT2D eigenvalue weighted by molar-refractivity contribution is 7.92. The van der Waals surface area contributed by atoms with E-state index in [2.05, 4.69) is 5.32 Å². The maximum atomic E-state index is 10.9. The van der Waals surface area contributed by atoms with Gasteiger partial charge in [0, 0.05) is 18.2 Å². The molecule has 14 heavy (non-hydrogen) atoms. The summed E-state index contributed by atoms with van der Waals surface area (Å²) in [6.45, 7) is 2.58. The lowest BCUT2D eigenvalue weighted by atomic mass is 10.2. The van der Waals surface area contributed by atoms with E-state index in [-0.39, 0.29) is 17.5 Å². The van der Waals surface area contributed by atoms with E-state index < -0.39 is 9.84 Å². The SMILES string of the molecule is Cc1occc1CNC1CS(=O)(=O)C1. The zero-order valence-electron chi connectivity index (χ0n) is 7.99. The Morgan fingerprint density at radius 2 is 2.29 bits per heavy atom. The van der Waals surface area contributed by atoms with Crippen LogP contribution in [0.1, 0.15) is 11.3 Å². The van der Waals surface area contributed by atoms with Crippen LogP contribution in [0.5, 0.6) is 0 Å². The van der Waals surface area contributed by atoms with Gasteiger partial charge in [0.15, 0.2) is 9.84 Å². The Balaban J connectivity index is 1.82. The lowest BCUT2D eigenvalue weighted by molar-refractivity contribution is 0.501. The van der Waals surface area contributed by atoms with E-state index in [0.717, 1.165) is 11.3 Å². The van der Waals surface area contributed by atoms with Gasteiger partial charge >= 0.3 is 0 Å². The van der Waals surface area contributed by atoms with Crippen LogP contribution in [0.2, 0.25) is 0 Å². The minimum atomic E-state index is -2.72. The summed E-state index contributed by atoms with van der Waals surface area (Å²) in [6, 6.07) is 2.02. The maximum absolute atomic E-state index is 10.9. The minimum absolute atomic E-state index is 0.120. The average molecular weight is 215 g/mol. The zero-order valence-corrected chi connectivity index (χ0v) is 8.80. The van der Waals surface area contributed by atoms with Crippen LogP contribution in [0.25, 0.3) is 0 Å². The fourth-order valence-electron chi connectivity index (χ4n) is 1.53. The number of rotatable bonds is 3. The number of hydrogen-bond acceptors (Lipinski definition) is 4. The van der Waals surface area contributed by atoms with E-state index in [1.807, 2.05) is 13.0 Å². The van der Waals surface area contributed by atoms with Crippen molar-refractivity contribution in [2.24, 2.45) is 0 Å². The summed E-state index contributed by atoms with van der Waals surface area (Å²) in [5, 5.41) is 3.18. The van der Waals surface area contributed by atoms with E-state index in [1.165, 1.54) is 0 Å². The van der Waals surface area contributed by atoms with Crippen LogP contribution in [0, 0.1) is 6.92 Å². The third-order valence-electron chi connectivity index (χ3n) is 2.46. The highest BCUT2D eigenvalue weighted by Crippen LogP contribution is 2.13. The van der Waals surface area contributed by atoms with Gasteiger partial charge in [-0.25, -0.2) is 8.42 Å². The van der Waals surface area contributed by atoms with E-state index >= 15 is 0 Å². The number of sulfone groups is 1. The molecule has 0 atom stereocenters. The highest BCUT2D eigenvalue weighted by Gasteiger charge is 2.32. The Morgan fingerprint density at radius 1 is 1.57 bits per heavy atom. The van der Waals surface area contributed by atoms with Crippen molar-refractivity contribution in [2.45, 2.75) is 19.5 Å². The molecule has 0 unspecified atom stereocenters. The van der Waals surface area contributed by atoms with Gasteiger partial charge < -0.3 is 9.73 Å². The molecule has 2 heterocycles. The second-order valence-corrected chi connectivity index (χ2v) is 5.81. The van der Waals surface area contributed by atoms with Crippen LogP contribution in [-0.4, -0.2) is 26.0 Å². The molecule has 0 amide bonds. The van der Waals surface area contributed by atoms with Gasteiger partial charge in [0.2, 0.25) is 0 Å². The molecule has 0 aliphatic carbocycles. The molecule has 1 N–H and O–H groups in total. The Kier molecular flexibility index (Phi) is 2.36. The van der Waals surface area contributed by atoms with Crippen LogP contribution in [-0.2, 0) is 16.4 Å². The Morgan fingerprint density at radius 3 is 2.79 bits per heavy atom. The van der Waals surface area contributed by atoms with Crippen molar-refractivity contribution in [3.63, 3.8) is 0 Å². The molecule has 1 aliphatic heterocycles. The molecule has 0 radical (unpaired) electrons. The molecule has 2 rings (SSSR count). The molecule has 1 fully saturated rings. The summed E-state index contributed by atoms with van der Waals surface area (Å²) < 4.78 is 26.9. The van der Waals surface area contributed by atoms with Gasteiger partial charge in [0.1, 0.15) is 5.76 Å². The number of aryl methyl sites for hydroxylation is 1. The van der Waals surface area contributed by atoms with Crippen LogP contribution in [0.15, 0.2) is 16.7 Å². The largest absolute Gasteiger partial charge is 0.469 e. The number of furan rings is 1. The summed E-state index contributed by atoms with van der Waals surface area (Å²) in [6.07, 6.45) is 1.64. The number of nitrogens with one attached hydrogen (secondary N) is 1. The summed E-state index contributed by atoms with van der Waals surface area (Å²) in [7, 11) is -2.72. The molecule has 0 spiro atoms. The predicted octanol–water partition coefficient (Wildman–Crippen LogP) is 0.475. The third-order valence-corrected chi connectivity index (χ3v) is 4.28. The normalized spacial score (nSPS) is 20.6. The molecular weight excluding hydrogens is 202 g/mol. The molecule has 1 saturated heterocycles. The second-order valence-electron chi connectivity index (χ2n) is 3.66. The molecular formula is C9H13NO3S. The van der Waals surface area contributed by atoms with Gasteiger partial charge in [-0.2, -0.15) is 0 Å². The molecule has 1 aliphatic rings. The highest BCUT2D eigenvalue weighted by atomic mass is 32.2. The average Bonchev–Trinajstić information content (AvgIpc) is 2.44. The van der Waals surface area contributed by atoms with E-state index in [1.54, 1.807) is 6.26 Å². The molecule has 0 aromatic carbocycles. The van der Waals surface area contributed by atoms with Crippen molar-refractivity contribution in [1.82, 2.24) is 5.32 Å². The summed E-state index contributed by atoms with van der Waals surface area (Å²) in [5.74, 6) is 1.42. The van der Waals surface area contributed by atoms with Crippen LogP contribution < -0.4 is 5.32 Å². The zero-order chi connectivity index (χ0) is 10.2. The first-order chi connectivity index (χ1) is 6.57. The minimum Gasteiger partial charge on any atom is -0.469 e. The van der Waals surface area contributed by atoms with Gasteiger partial charge in [-0.3, -0.25) is 0 Å². The summed E-state index contributed by atoms with van der Waals surface area (Å²) >= 11 is 0. The Hall–Kier alpha value is -0.810. The first kappa shape index (κ1) is 9.73. The summed E-state index contributed by atoms with van der Waals surface area (Å²) in [5.41, 5.74) is 1.09. The molecule has 78 valence electrons. The molecule has 0 saturated carbocycles. The fraction of sp³-hybridized carbons (Fsp3) is 0.556. The summed E-state index contributed by atoms with van der Waals surface area (Å²) in [4.78, 5) is 0. The van der Waals surface area contributed by atoms with E-state index in [9.17, 15) is 8.42 Å². The quantitative estimate of drug-likeness (QED) is 0.796. The van der Waals surface area contributed by atoms with Crippen molar-refractivity contribution in [3.05, 3.63) is 23.7 Å². The molecule has 1 aromatic heterocycles. The van der Waals surface area contributed by atoms with Crippen LogP contribution >= 0.6 is 0 Å². The monoisotopic (exact) mass is 215 g/mol. The Bertz CT molecular complexity index is 409. The van der Waals surface area contributed by atoms with Crippen molar-refractivity contribution in [3.8, 4) is 0 Å². The molecule has 1 aromatic rings. The van der Waals surface area contributed by atoms with Crippen molar-refractivity contribution >= 4 is 9.84 Å². The Labute approximate surface area is 83.2 Å². The maximum Gasteiger partial charge on any atom is 0.153 e. The second kappa shape index (κ2) is 3.40. The van der Waals surface area contributed by atoms with Crippen molar-refractivity contribution in [1.29, 1.82) is 0 Å². The van der Waals surface area contributed by atoms with Gasteiger partial charge in [-0.15, -0.1) is 0 Å². The van der Waals surface area contributed by atoms with E-state index in [4.69, 9.17) is 4.42 Å². The molecule has 5 heteroatoms. The lowest BCUT2D eigenvalue weighted by Crippen LogP contribution is -2.50. The smallest absolute Gasteiger partial charge is 0.153 e. The number of hydrogen-bond donors (Lipinski definition) is 1. The first-order valence-corrected chi connectivity index (χ1v) is 6.36. The van der Waals surface area contributed by atoms with Crippen molar-refractivity contribution in [2.75, 3.05) is 11.5 Å². The first-order valence-electron chi connectivity index (χ1n) is 4.53. The fourth-order valence-corrected chi connectivity index (χ4v) is 2.90. The van der Waals surface area contributed by atoms with Crippen molar-refractivity contribution < 1.29 is 12.8 Å². The van der Waals surface area contributed by atoms with Gasteiger partial charge in [-0.05, 0) is 13.0 Å². The van der Waals surface area contributed by atoms with Gasteiger partial charge in [0.05, 0.1) is 17.8 Å². The topological polar surface area (TPSA) is 59.3 Å². The van der Waals surface area contributed by atoms with Crippen LogP contribution in [0.4, 0.5) is 0 Å². The third kappa shape index (κ3) is 1.99. The molecule has 4 nitrogen and oxygen atoms in total. The van der Waals surface area contributed by atoms with Gasteiger partial charge in [0.25, 0.3) is 0 Å². The standard InChI is InChI=1S/C9H13NO3S/c1-7-8(2-3-13-7)4-10-9-5-14(11,12)6-9/h2-3,9-10H,4-6H2,1H3.